The number of hydrogen-bond acceptors (Lipinski definition) is 6. The maximum Gasteiger partial charge on any atom is 0.410 e. The van der Waals surface area contributed by atoms with E-state index in [1.165, 1.54) is 32.4 Å². The summed E-state index contributed by atoms with van der Waals surface area (Å²) in [7, 11) is 1.25. The van der Waals surface area contributed by atoms with E-state index in [4.69, 9.17) is 4.42 Å². The van der Waals surface area contributed by atoms with Crippen LogP contribution in [-0.2, 0) is 11.2 Å². The summed E-state index contributed by atoms with van der Waals surface area (Å²) < 4.78 is 47.2. The zero-order valence-corrected chi connectivity index (χ0v) is 21.1. The molecule has 200 valence electrons. The lowest BCUT2D eigenvalue weighted by Crippen LogP contribution is -2.17. The van der Waals surface area contributed by atoms with Gasteiger partial charge in [-0.05, 0) is 61.4 Å². The van der Waals surface area contributed by atoms with Crippen molar-refractivity contribution in [2.24, 2.45) is 0 Å². The summed E-state index contributed by atoms with van der Waals surface area (Å²) in [5, 5.41) is 12.8. The Morgan fingerprint density at radius 3 is 2.54 bits per heavy atom. The fourth-order valence-corrected chi connectivity index (χ4v) is 3.55. The smallest absolute Gasteiger partial charge is 0.410 e. The van der Waals surface area contributed by atoms with Crippen LogP contribution in [-0.4, -0.2) is 30.3 Å². The van der Waals surface area contributed by atoms with Crippen molar-refractivity contribution in [3.05, 3.63) is 80.5 Å². The van der Waals surface area contributed by atoms with Crippen molar-refractivity contribution < 1.29 is 37.0 Å². The SMILES string of the molecule is COC(=O)N/C=C/CCC(C)c1cc(O)c(C(=O)C(C)=Cc2ccc(CCC(F)(F)F)cc2C)c(=O)o1. The van der Waals surface area contributed by atoms with Gasteiger partial charge in [0.15, 0.2) is 5.78 Å². The molecule has 2 aromatic rings. The number of hydrogen-bond donors (Lipinski definition) is 2. The molecule has 0 spiro atoms. The van der Waals surface area contributed by atoms with Crippen molar-refractivity contribution in [3.8, 4) is 5.75 Å². The van der Waals surface area contributed by atoms with Crippen LogP contribution in [0.1, 0.15) is 71.8 Å². The van der Waals surface area contributed by atoms with Gasteiger partial charge >= 0.3 is 17.9 Å². The van der Waals surface area contributed by atoms with Gasteiger partial charge in [0.1, 0.15) is 17.1 Å². The third kappa shape index (κ3) is 8.96. The van der Waals surface area contributed by atoms with Crippen molar-refractivity contribution in [1.82, 2.24) is 5.32 Å². The molecule has 0 bridgehead atoms. The lowest BCUT2D eigenvalue weighted by atomic mass is 9.97. The molecular weight excluding hydrogens is 491 g/mol. The van der Waals surface area contributed by atoms with Crippen LogP contribution in [0.5, 0.6) is 5.75 Å². The summed E-state index contributed by atoms with van der Waals surface area (Å²) in [6.07, 6.45) is -0.208. The van der Waals surface area contributed by atoms with Gasteiger partial charge in [-0.15, -0.1) is 0 Å². The van der Waals surface area contributed by atoms with Crippen molar-refractivity contribution >= 4 is 18.0 Å². The summed E-state index contributed by atoms with van der Waals surface area (Å²) in [5.41, 5.74) is 0.480. The molecule has 10 heteroatoms. The minimum Gasteiger partial charge on any atom is -0.507 e. The van der Waals surface area contributed by atoms with E-state index in [0.717, 1.165) is 0 Å². The standard InChI is InChI=1S/C27H30F3NO6/c1-16(7-5-6-12-31-26(35)36-4)22-15-21(32)23(25(34)37-22)24(33)18(3)14-20-9-8-19(13-17(20)2)10-11-27(28,29)30/h6,8-9,12-16,32H,5,7,10-11H2,1-4H3,(H,31,35)/b12-6+,18-14?. The number of alkyl carbamates (subject to hydrolysis) is 1. The summed E-state index contributed by atoms with van der Waals surface area (Å²) in [5.74, 6) is -1.28. The molecule has 1 heterocycles. The average Bonchev–Trinajstić information content (AvgIpc) is 2.82. The minimum atomic E-state index is -4.24. The summed E-state index contributed by atoms with van der Waals surface area (Å²) in [6.45, 7) is 4.97. The van der Waals surface area contributed by atoms with Gasteiger partial charge in [0.25, 0.3) is 0 Å². The van der Waals surface area contributed by atoms with Gasteiger partial charge < -0.3 is 14.3 Å². The Morgan fingerprint density at radius 2 is 1.95 bits per heavy atom. The predicted molar refractivity (Wildman–Crippen MR) is 133 cm³/mol. The van der Waals surface area contributed by atoms with Crippen LogP contribution in [0.3, 0.4) is 0 Å². The molecule has 1 amide bonds. The zero-order valence-electron chi connectivity index (χ0n) is 21.1. The number of ether oxygens (including phenoxy) is 1. The molecule has 0 saturated carbocycles. The first-order valence-electron chi connectivity index (χ1n) is 11.6. The quantitative estimate of drug-likeness (QED) is 0.285. The number of allylic oxidation sites excluding steroid dienone is 2. The van der Waals surface area contributed by atoms with Crippen LogP contribution in [0, 0.1) is 6.92 Å². The largest absolute Gasteiger partial charge is 0.507 e. The number of aryl methyl sites for hydroxylation is 2. The molecule has 2 N–H and O–H groups in total. The third-order valence-electron chi connectivity index (χ3n) is 5.69. The van der Waals surface area contributed by atoms with Gasteiger partial charge in [0, 0.05) is 24.6 Å². The Labute approximate surface area is 212 Å². The highest BCUT2D eigenvalue weighted by molar-refractivity contribution is 6.12. The molecule has 0 aliphatic carbocycles. The average molecular weight is 522 g/mol. The number of Topliss-reactive ketones (excluding diaryl/α,β-unsaturated/α-hetero) is 1. The molecule has 0 fully saturated rings. The number of aromatic hydroxyl groups is 1. The van der Waals surface area contributed by atoms with Crippen LogP contribution >= 0.6 is 0 Å². The van der Waals surface area contributed by atoms with E-state index in [2.05, 4.69) is 10.1 Å². The van der Waals surface area contributed by atoms with E-state index >= 15 is 0 Å². The molecule has 37 heavy (non-hydrogen) atoms. The van der Waals surface area contributed by atoms with Crippen molar-refractivity contribution in [1.29, 1.82) is 0 Å². The van der Waals surface area contributed by atoms with Crippen molar-refractivity contribution in [2.75, 3.05) is 7.11 Å². The Balaban J connectivity index is 2.14. The lowest BCUT2D eigenvalue weighted by Gasteiger charge is -2.11. The maximum absolute atomic E-state index is 12.9. The fourth-order valence-electron chi connectivity index (χ4n) is 3.55. The Kier molecular flexibility index (Phi) is 10.3. The zero-order chi connectivity index (χ0) is 27.8. The number of carbonyl (C=O) groups excluding carboxylic acids is 2. The molecule has 2 rings (SSSR count). The van der Waals surface area contributed by atoms with Crippen LogP contribution in [0.15, 0.2) is 51.3 Å². The van der Waals surface area contributed by atoms with Crippen molar-refractivity contribution in [2.45, 2.75) is 58.5 Å². The number of nitrogens with one attached hydrogen (secondary N) is 1. The molecule has 0 aliphatic heterocycles. The van der Waals surface area contributed by atoms with Crippen LogP contribution in [0.4, 0.5) is 18.0 Å². The van der Waals surface area contributed by atoms with Gasteiger partial charge in [-0.1, -0.05) is 31.2 Å². The molecular formula is C27H30F3NO6. The molecule has 0 aliphatic rings. The second-order valence-corrected chi connectivity index (χ2v) is 8.68. The predicted octanol–water partition coefficient (Wildman–Crippen LogP) is 6.19. The van der Waals surface area contributed by atoms with Gasteiger partial charge in [0.2, 0.25) is 0 Å². The number of rotatable bonds is 10. The minimum absolute atomic E-state index is 0.146. The molecule has 1 atom stereocenters. The third-order valence-corrected chi connectivity index (χ3v) is 5.69. The van der Waals surface area contributed by atoms with Gasteiger partial charge in [-0.2, -0.15) is 13.2 Å². The number of benzene rings is 1. The normalized spacial score (nSPS) is 13.0. The first-order valence-corrected chi connectivity index (χ1v) is 11.6. The van der Waals surface area contributed by atoms with Crippen molar-refractivity contribution in [3.63, 3.8) is 0 Å². The van der Waals surface area contributed by atoms with Crippen LogP contribution < -0.4 is 10.9 Å². The number of amides is 1. The highest BCUT2D eigenvalue weighted by atomic mass is 19.4. The molecule has 0 saturated heterocycles. The number of halogens is 3. The number of methoxy groups -OCH3 is 1. The first kappa shape index (κ1) is 29.4. The second kappa shape index (κ2) is 12.9. The fraction of sp³-hybridized carbons (Fsp3) is 0.370. The van der Waals surface area contributed by atoms with Gasteiger partial charge in [0.05, 0.1) is 7.11 Å². The molecule has 1 unspecified atom stereocenters. The molecule has 7 nitrogen and oxygen atoms in total. The van der Waals surface area contributed by atoms with E-state index in [1.807, 2.05) is 0 Å². The number of ketones is 1. The summed E-state index contributed by atoms with van der Waals surface area (Å²) >= 11 is 0. The van der Waals surface area contributed by atoms with E-state index in [0.29, 0.717) is 29.5 Å². The lowest BCUT2D eigenvalue weighted by molar-refractivity contribution is -0.134. The number of alkyl halides is 3. The monoisotopic (exact) mass is 521 g/mol. The number of carbonyl (C=O) groups is 2. The van der Waals surface area contributed by atoms with Gasteiger partial charge in [-0.3, -0.25) is 10.1 Å². The summed E-state index contributed by atoms with van der Waals surface area (Å²) in [6, 6.07) is 6.03. The maximum atomic E-state index is 12.9. The van der Waals surface area contributed by atoms with E-state index in [9.17, 15) is 32.7 Å². The second-order valence-electron chi connectivity index (χ2n) is 8.68. The summed E-state index contributed by atoms with van der Waals surface area (Å²) in [4.78, 5) is 36.5. The van der Waals surface area contributed by atoms with Gasteiger partial charge in [-0.25, -0.2) is 9.59 Å². The Hall–Kier alpha value is -3.82. The highest BCUT2D eigenvalue weighted by Gasteiger charge is 2.26. The van der Waals surface area contributed by atoms with E-state index < -0.39 is 41.4 Å². The molecule has 1 aromatic carbocycles. The Bertz CT molecular complexity index is 1240. The topological polar surface area (TPSA) is 106 Å². The highest BCUT2D eigenvalue weighted by Crippen LogP contribution is 2.27. The molecule has 0 radical (unpaired) electrons. The van der Waals surface area contributed by atoms with E-state index in [1.54, 1.807) is 38.1 Å². The molecule has 1 aromatic heterocycles. The Morgan fingerprint density at radius 1 is 1.24 bits per heavy atom. The van der Waals surface area contributed by atoms with Crippen LogP contribution in [0.25, 0.3) is 6.08 Å². The van der Waals surface area contributed by atoms with E-state index in [-0.39, 0.29) is 23.7 Å². The first-order chi connectivity index (χ1) is 17.3. The van der Waals surface area contributed by atoms with Crippen LogP contribution in [0.2, 0.25) is 0 Å².